The van der Waals surface area contributed by atoms with E-state index in [2.05, 4.69) is 5.32 Å². The van der Waals surface area contributed by atoms with Gasteiger partial charge in [0.15, 0.2) is 0 Å². The second-order valence-corrected chi connectivity index (χ2v) is 7.94. The maximum Gasteiger partial charge on any atom is 0.241 e. The van der Waals surface area contributed by atoms with Gasteiger partial charge in [-0.1, -0.05) is 12.1 Å². The molecule has 0 aromatic heterocycles. The van der Waals surface area contributed by atoms with Gasteiger partial charge in [-0.15, -0.1) is 0 Å². The van der Waals surface area contributed by atoms with Crippen LogP contribution in [0.25, 0.3) is 0 Å². The molecule has 6 nitrogen and oxygen atoms in total. The molecule has 2 rings (SSSR count). The molecule has 0 aliphatic heterocycles. The molecule has 0 bridgehead atoms. The second-order valence-electron chi connectivity index (χ2n) is 6.04. The predicted molar refractivity (Wildman–Crippen MR) is 103 cm³/mol. The molecule has 0 aliphatic carbocycles. The molecule has 0 unspecified atom stereocenters. The van der Waals surface area contributed by atoms with Crippen molar-refractivity contribution in [3.8, 4) is 5.75 Å². The van der Waals surface area contributed by atoms with E-state index in [1.807, 2.05) is 31.2 Å². The monoisotopic (exact) mass is 394 g/mol. The van der Waals surface area contributed by atoms with Crippen LogP contribution in [0.15, 0.2) is 48.5 Å². The van der Waals surface area contributed by atoms with Crippen LogP contribution in [0.4, 0.5) is 10.1 Å². The molecule has 2 aromatic rings. The average Bonchev–Trinajstić information content (AvgIpc) is 2.60. The molecule has 0 heterocycles. The Morgan fingerprint density at radius 2 is 1.74 bits per heavy atom. The molecule has 0 saturated carbocycles. The maximum absolute atomic E-state index is 13.1. The molecule has 1 N–H and O–H groups in total. The molecular weight excluding hydrogens is 371 g/mol. The van der Waals surface area contributed by atoms with Crippen LogP contribution in [-0.4, -0.2) is 33.7 Å². The summed E-state index contributed by atoms with van der Waals surface area (Å²) in [6, 6.07) is 11.9. The van der Waals surface area contributed by atoms with Crippen molar-refractivity contribution >= 4 is 21.6 Å². The lowest BCUT2D eigenvalue weighted by atomic mass is 10.1. The van der Waals surface area contributed by atoms with Crippen molar-refractivity contribution in [3.63, 3.8) is 0 Å². The Morgan fingerprint density at radius 1 is 1.15 bits per heavy atom. The zero-order chi connectivity index (χ0) is 20.0. The molecule has 0 aliphatic rings. The average molecular weight is 394 g/mol. The Kier molecular flexibility index (Phi) is 6.79. The van der Waals surface area contributed by atoms with E-state index in [0.717, 1.165) is 34.0 Å². The van der Waals surface area contributed by atoms with Gasteiger partial charge in [-0.2, -0.15) is 0 Å². The third-order valence-electron chi connectivity index (χ3n) is 3.87. The second kappa shape index (κ2) is 8.85. The summed E-state index contributed by atoms with van der Waals surface area (Å²) < 4.78 is 43.5. The Hall–Kier alpha value is -2.61. The zero-order valence-electron chi connectivity index (χ0n) is 15.5. The van der Waals surface area contributed by atoms with Gasteiger partial charge in [-0.05, 0) is 55.8 Å². The summed E-state index contributed by atoms with van der Waals surface area (Å²) in [6.07, 6.45) is 1.000. The van der Waals surface area contributed by atoms with E-state index in [-0.39, 0.29) is 11.7 Å². The van der Waals surface area contributed by atoms with Gasteiger partial charge in [-0.25, -0.2) is 12.8 Å². The fourth-order valence-corrected chi connectivity index (χ4v) is 3.38. The van der Waals surface area contributed by atoms with Gasteiger partial charge < -0.3 is 10.1 Å². The number of carbonyl (C=O) groups excluding carboxylic acids is 1. The Labute approximate surface area is 159 Å². The van der Waals surface area contributed by atoms with Gasteiger partial charge in [0, 0.05) is 0 Å². The molecule has 2 aromatic carbocycles. The van der Waals surface area contributed by atoms with Crippen molar-refractivity contribution in [2.45, 2.75) is 19.9 Å². The first kappa shape index (κ1) is 20.7. The highest BCUT2D eigenvalue weighted by Crippen LogP contribution is 2.19. The molecule has 8 heteroatoms. The van der Waals surface area contributed by atoms with Crippen LogP contribution < -0.4 is 14.4 Å². The summed E-state index contributed by atoms with van der Waals surface area (Å²) in [6.45, 7) is 3.86. The number of nitrogens with zero attached hydrogens (tertiary/aromatic N) is 1. The third-order valence-corrected chi connectivity index (χ3v) is 5.01. The minimum absolute atomic E-state index is 0.225. The summed E-state index contributed by atoms with van der Waals surface area (Å²) in [7, 11) is -3.70. The quantitative estimate of drug-likeness (QED) is 0.747. The van der Waals surface area contributed by atoms with Crippen molar-refractivity contribution in [2.24, 2.45) is 0 Å². The number of amides is 1. The van der Waals surface area contributed by atoms with Crippen LogP contribution in [-0.2, 0) is 14.8 Å². The first-order valence-electron chi connectivity index (χ1n) is 8.46. The van der Waals surface area contributed by atoms with E-state index in [9.17, 15) is 17.6 Å². The van der Waals surface area contributed by atoms with E-state index < -0.39 is 28.3 Å². The number of carbonyl (C=O) groups is 1. The van der Waals surface area contributed by atoms with Gasteiger partial charge in [-0.3, -0.25) is 9.10 Å². The van der Waals surface area contributed by atoms with Gasteiger partial charge >= 0.3 is 0 Å². The van der Waals surface area contributed by atoms with Crippen molar-refractivity contribution in [1.29, 1.82) is 0 Å². The first-order valence-corrected chi connectivity index (χ1v) is 10.3. The molecule has 1 atom stereocenters. The maximum atomic E-state index is 13.1. The molecular formula is C19H23FN2O4S. The van der Waals surface area contributed by atoms with E-state index in [0.29, 0.717) is 6.61 Å². The Morgan fingerprint density at radius 3 is 2.26 bits per heavy atom. The van der Waals surface area contributed by atoms with Crippen molar-refractivity contribution in [1.82, 2.24) is 5.32 Å². The molecule has 0 fully saturated rings. The fraction of sp³-hybridized carbons (Fsp3) is 0.316. The van der Waals surface area contributed by atoms with E-state index in [4.69, 9.17) is 4.74 Å². The van der Waals surface area contributed by atoms with Gasteiger partial charge in [0.1, 0.15) is 18.1 Å². The summed E-state index contributed by atoms with van der Waals surface area (Å²) >= 11 is 0. The highest BCUT2D eigenvalue weighted by molar-refractivity contribution is 7.92. The van der Waals surface area contributed by atoms with Gasteiger partial charge in [0.25, 0.3) is 0 Å². The number of nitrogens with one attached hydrogen (secondary N) is 1. The van der Waals surface area contributed by atoms with Crippen LogP contribution in [0.2, 0.25) is 0 Å². The number of ether oxygens (including phenoxy) is 1. The minimum atomic E-state index is -3.70. The standard InChI is InChI=1S/C19H23FN2O4S/c1-4-26-18-11-5-15(6-12-18)14(2)21-19(23)13-22(27(3,24)25)17-9-7-16(20)8-10-17/h5-12,14H,4,13H2,1-3H3,(H,21,23)/t14-/m0/s1. The smallest absolute Gasteiger partial charge is 0.241 e. The Bertz CT molecular complexity index is 868. The predicted octanol–water partition coefficient (Wildman–Crippen LogP) is 2.87. The number of anilines is 1. The fourth-order valence-electron chi connectivity index (χ4n) is 2.53. The van der Waals surface area contributed by atoms with Crippen LogP contribution in [0.3, 0.4) is 0 Å². The molecule has 0 saturated heterocycles. The van der Waals surface area contributed by atoms with Gasteiger partial charge in [0.05, 0.1) is 24.6 Å². The van der Waals surface area contributed by atoms with Crippen LogP contribution in [0.5, 0.6) is 5.75 Å². The molecule has 0 radical (unpaired) electrons. The minimum Gasteiger partial charge on any atom is -0.494 e. The molecule has 1 amide bonds. The normalized spacial score (nSPS) is 12.3. The van der Waals surface area contributed by atoms with Crippen molar-refractivity contribution in [2.75, 3.05) is 23.7 Å². The summed E-state index contributed by atoms with van der Waals surface area (Å²) in [5, 5.41) is 2.77. The van der Waals surface area contributed by atoms with Gasteiger partial charge in [0.2, 0.25) is 15.9 Å². The molecule has 27 heavy (non-hydrogen) atoms. The summed E-state index contributed by atoms with van der Waals surface area (Å²) in [4.78, 5) is 12.4. The number of rotatable bonds is 8. The Balaban J connectivity index is 2.07. The third kappa shape index (κ3) is 5.96. The van der Waals surface area contributed by atoms with Crippen molar-refractivity contribution < 1.29 is 22.3 Å². The highest BCUT2D eigenvalue weighted by Gasteiger charge is 2.22. The summed E-state index contributed by atoms with van der Waals surface area (Å²) in [5.74, 6) is -0.216. The van der Waals surface area contributed by atoms with Crippen LogP contribution in [0, 0.1) is 5.82 Å². The van der Waals surface area contributed by atoms with E-state index in [1.54, 1.807) is 6.92 Å². The first-order chi connectivity index (χ1) is 12.7. The zero-order valence-corrected chi connectivity index (χ0v) is 16.3. The number of hydrogen-bond acceptors (Lipinski definition) is 4. The lowest BCUT2D eigenvalue weighted by molar-refractivity contribution is -0.120. The number of hydrogen-bond donors (Lipinski definition) is 1. The van der Waals surface area contributed by atoms with Crippen LogP contribution >= 0.6 is 0 Å². The molecule has 0 spiro atoms. The van der Waals surface area contributed by atoms with E-state index in [1.165, 1.54) is 12.1 Å². The van der Waals surface area contributed by atoms with Crippen LogP contribution in [0.1, 0.15) is 25.5 Å². The summed E-state index contributed by atoms with van der Waals surface area (Å²) in [5.41, 5.74) is 1.09. The number of benzene rings is 2. The number of halogens is 1. The SMILES string of the molecule is CCOc1ccc([C@H](C)NC(=O)CN(c2ccc(F)cc2)S(C)(=O)=O)cc1. The van der Waals surface area contributed by atoms with E-state index >= 15 is 0 Å². The lowest BCUT2D eigenvalue weighted by Crippen LogP contribution is -2.41. The largest absolute Gasteiger partial charge is 0.494 e. The molecule has 146 valence electrons. The van der Waals surface area contributed by atoms with Crippen molar-refractivity contribution in [3.05, 3.63) is 59.9 Å². The topological polar surface area (TPSA) is 75.7 Å². The number of sulfonamides is 1. The highest BCUT2D eigenvalue weighted by atomic mass is 32.2. The lowest BCUT2D eigenvalue weighted by Gasteiger charge is -2.23.